The quantitative estimate of drug-likeness (QED) is 0.715. The Morgan fingerprint density at radius 1 is 0.938 bits per heavy atom. The van der Waals surface area contributed by atoms with Crippen LogP contribution in [0.25, 0.3) is 0 Å². The van der Waals surface area contributed by atoms with Gasteiger partial charge in [-0.25, -0.2) is 0 Å². The number of halogens is 2. The number of carbonyl (C=O) groups is 2. The number of carbonyl (C=O) groups excluding carboxylic acids is 2. The molecule has 3 rings (SSSR count). The second-order valence-corrected chi connectivity index (χ2v) is 6.50. The average molecular weight is 261 g/mol. The maximum Gasteiger partial charge on any atom is 0.160 e. The second-order valence-electron chi connectivity index (χ2n) is 5.25. The van der Waals surface area contributed by atoms with E-state index < -0.39 is 9.75 Å². The van der Waals surface area contributed by atoms with Gasteiger partial charge < -0.3 is 0 Å². The maximum absolute atomic E-state index is 12.3. The van der Waals surface area contributed by atoms with E-state index in [1.807, 2.05) is 13.8 Å². The van der Waals surface area contributed by atoms with E-state index in [2.05, 4.69) is 0 Å². The van der Waals surface area contributed by atoms with Crippen LogP contribution in [0.3, 0.4) is 0 Å². The number of alkyl halides is 2. The standard InChI is InChI=1S/C12H14Cl2O2/c1-3-5-7-9(15)12(14)6(4-2)8(12)10(16)11(5,7)13/h5-8H,3-4H2,1-2H3/t5-,6+,7+,8-,11-,12+. The van der Waals surface area contributed by atoms with Crippen molar-refractivity contribution in [2.45, 2.75) is 36.4 Å². The SMILES string of the molecule is CC[C@@H]1[C@H]2C(=O)[C@]3(Cl)[C@@H](CC)[C@@H]3C(=O)[C@@]12Cl. The molecule has 0 saturated heterocycles. The Balaban J connectivity index is 2.00. The Morgan fingerprint density at radius 3 is 1.50 bits per heavy atom. The fourth-order valence-electron chi connectivity index (χ4n) is 3.81. The van der Waals surface area contributed by atoms with E-state index in [1.54, 1.807) is 0 Å². The van der Waals surface area contributed by atoms with E-state index >= 15 is 0 Å². The Hall–Kier alpha value is -0.0800. The molecule has 0 aliphatic heterocycles. The molecule has 3 fully saturated rings. The average Bonchev–Trinajstić information content (AvgIpc) is 3.08. The Bertz CT molecular complexity index is 370. The smallest absolute Gasteiger partial charge is 0.160 e. The summed E-state index contributed by atoms with van der Waals surface area (Å²) in [6, 6.07) is 0. The van der Waals surface area contributed by atoms with Crippen LogP contribution in [0.1, 0.15) is 26.7 Å². The van der Waals surface area contributed by atoms with Gasteiger partial charge >= 0.3 is 0 Å². The van der Waals surface area contributed by atoms with Crippen LogP contribution in [0.15, 0.2) is 0 Å². The Kier molecular flexibility index (Phi) is 1.96. The van der Waals surface area contributed by atoms with E-state index in [0.717, 1.165) is 12.8 Å². The molecule has 88 valence electrons. The van der Waals surface area contributed by atoms with Crippen LogP contribution in [-0.4, -0.2) is 21.3 Å². The van der Waals surface area contributed by atoms with Gasteiger partial charge in [-0.1, -0.05) is 26.7 Å². The highest BCUT2D eigenvalue weighted by atomic mass is 35.5. The zero-order valence-electron chi connectivity index (χ0n) is 9.30. The fourth-order valence-corrected chi connectivity index (χ4v) is 4.98. The maximum atomic E-state index is 12.3. The summed E-state index contributed by atoms with van der Waals surface area (Å²) in [4.78, 5) is 22.7. The molecule has 6 atom stereocenters. The molecule has 0 amide bonds. The molecule has 0 bridgehead atoms. The first kappa shape index (κ1) is 11.0. The number of rotatable bonds is 2. The van der Waals surface area contributed by atoms with Crippen molar-refractivity contribution in [2.24, 2.45) is 23.7 Å². The fraction of sp³-hybridized carbons (Fsp3) is 0.833. The van der Waals surface area contributed by atoms with Crippen molar-refractivity contribution in [1.82, 2.24) is 0 Å². The monoisotopic (exact) mass is 260 g/mol. The lowest BCUT2D eigenvalue weighted by atomic mass is 9.97. The highest BCUT2D eigenvalue weighted by Gasteiger charge is 2.87. The van der Waals surface area contributed by atoms with E-state index in [9.17, 15) is 9.59 Å². The molecule has 4 heteroatoms. The van der Waals surface area contributed by atoms with Gasteiger partial charge in [0.2, 0.25) is 0 Å². The molecule has 0 aromatic carbocycles. The molecule has 0 aromatic heterocycles. The van der Waals surface area contributed by atoms with Gasteiger partial charge in [-0.05, 0) is 11.8 Å². The molecule has 3 aliphatic carbocycles. The molecule has 3 saturated carbocycles. The van der Waals surface area contributed by atoms with Crippen LogP contribution in [-0.2, 0) is 9.59 Å². The zero-order valence-corrected chi connectivity index (χ0v) is 10.8. The molecule has 0 unspecified atom stereocenters. The van der Waals surface area contributed by atoms with Gasteiger partial charge in [0.25, 0.3) is 0 Å². The zero-order chi connectivity index (χ0) is 11.9. The second kappa shape index (κ2) is 2.84. The first-order chi connectivity index (χ1) is 7.45. The summed E-state index contributed by atoms with van der Waals surface area (Å²) < 4.78 is 0. The molecule has 0 heterocycles. The van der Waals surface area contributed by atoms with Crippen LogP contribution in [0.4, 0.5) is 0 Å². The van der Waals surface area contributed by atoms with Gasteiger partial charge in [0.1, 0.15) is 9.75 Å². The van der Waals surface area contributed by atoms with Crippen LogP contribution >= 0.6 is 23.2 Å². The van der Waals surface area contributed by atoms with E-state index in [-0.39, 0.29) is 35.2 Å². The third-order valence-electron chi connectivity index (χ3n) is 4.77. The van der Waals surface area contributed by atoms with E-state index in [4.69, 9.17) is 23.2 Å². The molecular weight excluding hydrogens is 247 g/mol. The highest BCUT2D eigenvalue weighted by Crippen LogP contribution is 2.74. The van der Waals surface area contributed by atoms with Crippen LogP contribution in [0, 0.1) is 23.7 Å². The molecular formula is C12H14Cl2O2. The first-order valence-electron chi connectivity index (χ1n) is 5.92. The number of hydrogen-bond acceptors (Lipinski definition) is 2. The van der Waals surface area contributed by atoms with Crippen molar-refractivity contribution in [3.05, 3.63) is 0 Å². The van der Waals surface area contributed by atoms with Crippen LogP contribution in [0.5, 0.6) is 0 Å². The highest BCUT2D eigenvalue weighted by molar-refractivity contribution is 6.51. The lowest BCUT2D eigenvalue weighted by Crippen LogP contribution is -2.37. The Labute approximate surface area is 105 Å². The van der Waals surface area contributed by atoms with Gasteiger partial charge in [0.15, 0.2) is 11.6 Å². The third kappa shape index (κ3) is 0.862. The summed E-state index contributed by atoms with van der Waals surface area (Å²) in [7, 11) is 0. The number of ketones is 2. The van der Waals surface area contributed by atoms with Gasteiger partial charge in [0.05, 0.1) is 11.8 Å². The predicted molar refractivity (Wildman–Crippen MR) is 61.7 cm³/mol. The molecule has 0 radical (unpaired) electrons. The number of Topliss-reactive ketones (excluding diaryl/α,β-unsaturated/α-hetero) is 2. The molecule has 0 spiro atoms. The summed E-state index contributed by atoms with van der Waals surface area (Å²) in [6.45, 7) is 3.94. The lowest BCUT2D eigenvalue weighted by Gasteiger charge is -2.16. The van der Waals surface area contributed by atoms with Crippen molar-refractivity contribution in [2.75, 3.05) is 0 Å². The molecule has 0 N–H and O–H groups in total. The topological polar surface area (TPSA) is 34.1 Å². The minimum atomic E-state index is -0.890. The van der Waals surface area contributed by atoms with Crippen molar-refractivity contribution >= 4 is 34.8 Å². The van der Waals surface area contributed by atoms with Crippen molar-refractivity contribution in [1.29, 1.82) is 0 Å². The Morgan fingerprint density at radius 2 is 1.25 bits per heavy atom. The number of fused-ring (bicyclic) bond motifs is 2. The van der Waals surface area contributed by atoms with Crippen LogP contribution < -0.4 is 0 Å². The van der Waals surface area contributed by atoms with E-state index in [1.165, 1.54) is 0 Å². The minimum Gasteiger partial charge on any atom is -0.297 e. The summed E-state index contributed by atoms with van der Waals surface area (Å²) in [5.74, 6) is -0.501. The lowest BCUT2D eigenvalue weighted by molar-refractivity contribution is -0.129. The molecule has 3 aliphatic rings. The van der Waals surface area contributed by atoms with Gasteiger partial charge in [-0.2, -0.15) is 0 Å². The summed E-state index contributed by atoms with van der Waals surface area (Å²) >= 11 is 12.7. The van der Waals surface area contributed by atoms with Gasteiger partial charge in [-0.3, -0.25) is 9.59 Å². The number of hydrogen-bond donors (Lipinski definition) is 0. The van der Waals surface area contributed by atoms with Crippen molar-refractivity contribution < 1.29 is 9.59 Å². The molecule has 0 aromatic rings. The van der Waals surface area contributed by atoms with Crippen molar-refractivity contribution in [3.8, 4) is 0 Å². The normalized spacial score (nSPS) is 58.0. The minimum absolute atomic E-state index is 0.0232. The summed E-state index contributed by atoms with van der Waals surface area (Å²) in [6.07, 6.45) is 1.56. The third-order valence-corrected chi connectivity index (χ3v) is 6.17. The summed E-state index contributed by atoms with van der Waals surface area (Å²) in [5.41, 5.74) is 0. The summed E-state index contributed by atoms with van der Waals surface area (Å²) in [5, 5.41) is 0. The van der Waals surface area contributed by atoms with Gasteiger partial charge in [0, 0.05) is 0 Å². The van der Waals surface area contributed by atoms with E-state index in [0.29, 0.717) is 0 Å². The van der Waals surface area contributed by atoms with Crippen molar-refractivity contribution in [3.63, 3.8) is 0 Å². The predicted octanol–water partition coefficient (Wildman–Crippen LogP) is 2.41. The molecule has 2 nitrogen and oxygen atoms in total. The molecule has 16 heavy (non-hydrogen) atoms. The van der Waals surface area contributed by atoms with Gasteiger partial charge in [-0.15, -0.1) is 23.2 Å². The largest absolute Gasteiger partial charge is 0.297 e. The first-order valence-corrected chi connectivity index (χ1v) is 6.67. The van der Waals surface area contributed by atoms with Crippen LogP contribution in [0.2, 0.25) is 0 Å².